The monoisotopic (exact) mass is 500 g/mol. The number of carbonyl (C=O) groups excluding carboxylic acids is 3. The minimum Gasteiger partial charge on any atom is -0.356 e. The van der Waals surface area contributed by atoms with Crippen LogP contribution in [0.15, 0.2) is 48.5 Å². The van der Waals surface area contributed by atoms with E-state index in [1.54, 1.807) is 4.90 Å². The third-order valence-electron chi connectivity index (χ3n) is 7.52. The molecular weight excluding hydrogens is 464 g/mol. The van der Waals surface area contributed by atoms with Gasteiger partial charge in [0.2, 0.25) is 11.8 Å². The maximum absolute atomic E-state index is 13.9. The topological polar surface area (TPSA) is 94.3 Å². The minimum absolute atomic E-state index is 0.146. The Kier molecular flexibility index (Phi) is 6.80. The first-order chi connectivity index (χ1) is 17.8. The lowest BCUT2D eigenvalue weighted by atomic mass is 9.89. The summed E-state index contributed by atoms with van der Waals surface area (Å²) in [7, 11) is 0. The van der Waals surface area contributed by atoms with E-state index < -0.39 is 12.1 Å². The lowest BCUT2D eigenvalue weighted by Crippen LogP contribution is -2.56. The Balaban J connectivity index is 1.48. The first-order valence-electron chi connectivity index (χ1n) is 13.3. The Morgan fingerprint density at radius 2 is 1.76 bits per heavy atom. The lowest BCUT2D eigenvalue weighted by molar-refractivity contribution is -0.132. The average molecular weight is 501 g/mol. The molecule has 2 aromatic carbocycles. The third-order valence-corrected chi connectivity index (χ3v) is 7.52. The zero-order chi connectivity index (χ0) is 26.3. The number of hydrogen-bond donors (Lipinski definition) is 3. The fraction of sp³-hybridized carbons (Fsp3) is 0.433. The van der Waals surface area contributed by atoms with Crippen molar-refractivity contribution >= 4 is 28.6 Å². The summed E-state index contributed by atoms with van der Waals surface area (Å²) >= 11 is 0. The molecule has 37 heavy (non-hydrogen) atoms. The van der Waals surface area contributed by atoms with Crippen molar-refractivity contribution in [3.63, 3.8) is 0 Å². The number of H-pyrrole nitrogens is 1. The summed E-state index contributed by atoms with van der Waals surface area (Å²) in [6, 6.07) is 13.9. The van der Waals surface area contributed by atoms with Crippen molar-refractivity contribution in [1.29, 1.82) is 0 Å². The van der Waals surface area contributed by atoms with Gasteiger partial charge in [0.05, 0.1) is 6.04 Å². The molecule has 0 aliphatic carbocycles. The molecule has 3 atom stereocenters. The summed E-state index contributed by atoms with van der Waals surface area (Å²) in [6.45, 7) is 8.88. The molecule has 3 heterocycles. The Hall–Kier alpha value is -3.61. The second kappa shape index (κ2) is 10.0. The molecule has 0 saturated carbocycles. The maximum atomic E-state index is 13.9. The minimum atomic E-state index is -0.713. The van der Waals surface area contributed by atoms with E-state index in [9.17, 15) is 14.4 Å². The smallest absolute Gasteiger partial charge is 0.255 e. The number of carbonyl (C=O) groups is 3. The molecule has 3 aromatic rings. The molecule has 0 saturated heterocycles. The van der Waals surface area contributed by atoms with Crippen LogP contribution in [0.4, 0.5) is 0 Å². The number of amides is 3. The van der Waals surface area contributed by atoms with Crippen LogP contribution in [-0.2, 0) is 16.0 Å². The van der Waals surface area contributed by atoms with Crippen LogP contribution in [0.1, 0.15) is 73.8 Å². The van der Waals surface area contributed by atoms with Crippen LogP contribution in [0, 0.1) is 11.8 Å². The van der Waals surface area contributed by atoms with E-state index in [1.807, 2.05) is 56.3 Å². The summed E-state index contributed by atoms with van der Waals surface area (Å²) in [4.78, 5) is 45.8. The van der Waals surface area contributed by atoms with Gasteiger partial charge in [-0.3, -0.25) is 14.4 Å². The molecule has 7 heteroatoms. The number of para-hydroxylation sites is 1. The molecule has 0 radical (unpaired) electrons. The molecule has 5 rings (SSSR count). The maximum Gasteiger partial charge on any atom is 0.255 e. The van der Waals surface area contributed by atoms with Gasteiger partial charge in [-0.2, -0.15) is 0 Å². The lowest BCUT2D eigenvalue weighted by Gasteiger charge is -2.37. The van der Waals surface area contributed by atoms with Gasteiger partial charge < -0.3 is 20.5 Å². The Morgan fingerprint density at radius 3 is 2.51 bits per heavy atom. The van der Waals surface area contributed by atoms with Gasteiger partial charge in [0, 0.05) is 35.1 Å². The van der Waals surface area contributed by atoms with Gasteiger partial charge in [0.25, 0.3) is 5.91 Å². The van der Waals surface area contributed by atoms with Gasteiger partial charge >= 0.3 is 0 Å². The molecule has 1 aromatic heterocycles. The van der Waals surface area contributed by atoms with Gasteiger partial charge in [-0.25, -0.2) is 0 Å². The van der Waals surface area contributed by atoms with Gasteiger partial charge in [-0.15, -0.1) is 0 Å². The van der Waals surface area contributed by atoms with Crippen LogP contribution < -0.4 is 10.6 Å². The van der Waals surface area contributed by atoms with Crippen molar-refractivity contribution < 1.29 is 14.4 Å². The molecule has 0 unspecified atom stereocenters. The normalized spacial score (nSPS) is 19.1. The second-order valence-corrected chi connectivity index (χ2v) is 11.1. The molecule has 194 valence electrons. The highest BCUT2D eigenvalue weighted by molar-refractivity contribution is 6.04. The van der Waals surface area contributed by atoms with E-state index in [1.165, 1.54) is 0 Å². The van der Waals surface area contributed by atoms with Crippen LogP contribution in [0.25, 0.3) is 10.9 Å². The van der Waals surface area contributed by atoms with Crippen molar-refractivity contribution in [2.75, 3.05) is 6.54 Å². The molecule has 3 amide bonds. The van der Waals surface area contributed by atoms with E-state index in [4.69, 9.17) is 0 Å². The highest BCUT2D eigenvalue weighted by Crippen LogP contribution is 2.46. The largest absolute Gasteiger partial charge is 0.356 e. The molecule has 2 aliphatic rings. The van der Waals surface area contributed by atoms with Crippen molar-refractivity contribution in [2.45, 2.75) is 65.1 Å². The van der Waals surface area contributed by atoms with E-state index in [0.29, 0.717) is 30.9 Å². The SMILES string of the molecule is CC(C)CCNC(=O)[C@H](CC(C)C)NC(=O)[C@@H]1Cc2c([nH]c3ccccc23)[C@@H]2c3ccccc3C(=O)N21. The molecule has 2 aliphatic heterocycles. The number of nitrogens with one attached hydrogen (secondary N) is 3. The molecule has 7 nitrogen and oxygen atoms in total. The van der Waals surface area contributed by atoms with Crippen molar-refractivity contribution in [3.05, 3.63) is 70.9 Å². The van der Waals surface area contributed by atoms with Gasteiger partial charge in [0.1, 0.15) is 12.1 Å². The van der Waals surface area contributed by atoms with E-state index in [-0.39, 0.29) is 29.7 Å². The molecule has 0 spiro atoms. The van der Waals surface area contributed by atoms with Gasteiger partial charge in [0.15, 0.2) is 0 Å². The number of aromatic amines is 1. The third kappa shape index (κ3) is 4.63. The molecule has 0 bridgehead atoms. The van der Waals surface area contributed by atoms with Gasteiger partial charge in [-0.05, 0) is 47.9 Å². The Morgan fingerprint density at radius 1 is 1.03 bits per heavy atom. The van der Waals surface area contributed by atoms with Crippen LogP contribution in [-0.4, -0.2) is 46.2 Å². The summed E-state index contributed by atoms with van der Waals surface area (Å²) in [6.07, 6.45) is 1.80. The molecular formula is C30H36N4O3. The number of hydrogen-bond acceptors (Lipinski definition) is 3. The molecule has 0 fully saturated rings. The number of nitrogens with zero attached hydrogens (tertiary/aromatic N) is 1. The quantitative estimate of drug-likeness (QED) is 0.430. The highest BCUT2D eigenvalue weighted by Gasteiger charge is 2.49. The predicted molar refractivity (Wildman–Crippen MR) is 144 cm³/mol. The first-order valence-corrected chi connectivity index (χ1v) is 13.3. The van der Waals surface area contributed by atoms with Crippen molar-refractivity contribution in [3.8, 4) is 0 Å². The zero-order valence-corrected chi connectivity index (χ0v) is 22.0. The Labute approximate surface area is 218 Å². The summed E-state index contributed by atoms with van der Waals surface area (Å²) in [5, 5.41) is 7.09. The van der Waals surface area contributed by atoms with Crippen LogP contribution >= 0.6 is 0 Å². The van der Waals surface area contributed by atoms with Crippen molar-refractivity contribution in [1.82, 2.24) is 20.5 Å². The number of rotatable bonds is 8. The zero-order valence-electron chi connectivity index (χ0n) is 22.0. The van der Waals surface area contributed by atoms with Crippen LogP contribution in [0.3, 0.4) is 0 Å². The average Bonchev–Trinajstić information content (AvgIpc) is 3.38. The number of benzene rings is 2. The highest BCUT2D eigenvalue weighted by atomic mass is 16.2. The molecule has 3 N–H and O–H groups in total. The van der Waals surface area contributed by atoms with Crippen LogP contribution in [0.2, 0.25) is 0 Å². The second-order valence-electron chi connectivity index (χ2n) is 11.1. The van der Waals surface area contributed by atoms with E-state index >= 15 is 0 Å². The fourth-order valence-electron chi connectivity index (χ4n) is 5.72. The van der Waals surface area contributed by atoms with E-state index in [2.05, 4.69) is 35.5 Å². The Bertz CT molecular complexity index is 1340. The fourth-order valence-corrected chi connectivity index (χ4v) is 5.72. The first kappa shape index (κ1) is 25.1. The standard InChI is InChI=1S/C30H36N4O3/c1-17(2)13-14-31-28(35)24(15-18(3)4)33-29(36)25-16-22-19-9-7-8-12-23(19)32-26(22)27-20-10-5-6-11-21(20)30(37)34(25)27/h5-12,17-18,24-25,27,32H,13-16H2,1-4H3,(H,31,35)(H,33,36)/t24-,25-,27-/m0/s1. The van der Waals surface area contributed by atoms with Gasteiger partial charge in [-0.1, -0.05) is 64.1 Å². The summed E-state index contributed by atoms with van der Waals surface area (Å²) in [5.41, 5.74) is 4.55. The van der Waals surface area contributed by atoms with Crippen LogP contribution in [0.5, 0.6) is 0 Å². The van der Waals surface area contributed by atoms with Crippen molar-refractivity contribution in [2.24, 2.45) is 11.8 Å². The summed E-state index contributed by atoms with van der Waals surface area (Å²) in [5.74, 6) is 0.0985. The number of fused-ring (bicyclic) bond motifs is 7. The van der Waals surface area contributed by atoms with E-state index in [0.717, 1.165) is 34.1 Å². The summed E-state index contributed by atoms with van der Waals surface area (Å²) < 4.78 is 0. The number of aromatic nitrogens is 1. The predicted octanol–water partition coefficient (Wildman–Crippen LogP) is 4.33.